The number of ether oxygens (including phenoxy) is 1. The Morgan fingerprint density at radius 3 is 2.61 bits per heavy atom. The number of likely N-dealkylation sites (N-methyl/N-ethyl adjacent to an activating group) is 1. The van der Waals surface area contributed by atoms with Crippen molar-refractivity contribution in [2.45, 2.75) is 26.3 Å². The molecular weight excluding hydrogens is 260 g/mol. The molecule has 0 aromatic heterocycles. The molecule has 2 N–H and O–H groups in total. The standard InChI is InChI=1S/C10H20N2O5S/c1-3-5-11-18(15,16)12(4-2)9-7-17-6-8(9)10(13)14/h8-9,11H,3-7H2,1-2H3,(H,13,14). The van der Waals surface area contributed by atoms with Gasteiger partial charge in [-0.2, -0.15) is 12.7 Å². The van der Waals surface area contributed by atoms with Crippen LogP contribution in [0.2, 0.25) is 0 Å². The highest BCUT2D eigenvalue weighted by Gasteiger charge is 2.41. The van der Waals surface area contributed by atoms with Crippen LogP contribution in [0, 0.1) is 5.92 Å². The Labute approximate surface area is 107 Å². The summed E-state index contributed by atoms with van der Waals surface area (Å²) in [6.07, 6.45) is 0.681. The third kappa shape index (κ3) is 3.41. The average Bonchev–Trinajstić information content (AvgIpc) is 2.76. The van der Waals surface area contributed by atoms with Gasteiger partial charge in [0.15, 0.2) is 0 Å². The molecule has 1 saturated heterocycles. The Morgan fingerprint density at radius 1 is 1.44 bits per heavy atom. The van der Waals surface area contributed by atoms with Gasteiger partial charge in [0.05, 0.1) is 25.2 Å². The van der Waals surface area contributed by atoms with Crippen LogP contribution < -0.4 is 4.72 Å². The van der Waals surface area contributed by atoms with Crippen LogP contribution in [0.15, 0.2) is 0 Å². The Balaban J connectivity index is 2.85. The van der Waals surface area contributed by atoms with E-state index in [1.165, 1.54) is 4.31 Å². The van der Waals surface area contributed by atoms with E-state index < -0.39 is 28.1 Å². The molecule has 0 saturated carbocycles. The molecule has 1 rings (SSSR count). The van der Waals surface area contributed by atoms with E-state index in [0.717, 1.165) is 0 Å². The zero-order chi connectivity index (χ0) is 13.8. The molecule has 0 amide bonds. The second-order valence-corrected chi connectivity index (χ2v) is 5.86. The van der Waals surface area contributed by atoms with Crippen LogP contribution in [-0.4, -0.2) is 56.1 Å². The number of rotatable bonds is 7. The summed E-state index contributed by atoms with van der Waals surface area (Å²) in [7, 11) is -3.64. The fourth-order valence-corrected chi connectivity index (χ4v) is 3.49. The molecule has 0 spiro atoms. The fourth-order valence-electron chi connectivity index (χ4n) is 1.96. The van der Waals surface area contributed by atoms with Crippen LogP contribution in [0.4, 0.5) is 0 Å². The zero-order valence-electron chi connectivity index (χ0n) is 10.6. The monoisotopic (exact) mass is 280 g/mol. The summed E-state index contributed by atoms with van der Waals surface area (Å²) >= 11 is 0. The molecule has 1 fully saturated rings. The normalized spacial score (nSPS) is 24.6. The molecule has 1 aliphatic heterocycles. The van der Waals surface area contributed by atoms with E-state index >= 15 is 0 Å². The first-order chi connectivity index (χ1) is 8.44. The first-order valence-corrected chi connectivity index (χ1v) is 7.45. The van der Waals surface area contributed by atoms with Gasteiger partial charge >= 0.3 is 5.97 Å². The van der Waals surface area contributed by atoms with Gasteiger partial charge in [0.2, 0.25) is 0 Å². The number of carboxylic acid groups (broad SMARTS) is 1. The first kappa shape index (κ1) is 15.4. The van der Waals surface area contributed by atoms with E-state index in [-0.39, 0.29) is 19.8 Å². The van der Waals surface area contributed by atoms with E-state index in [1.807, 2.05) is 6.92 Å². The number of nitrogens with zero attached hydrogens (tertiary/aromatic N) is 1. The molecule has 0 bridgehead atoms. The van der Waals surface area contributed by atoms with Crippen LogP contribution in [0.3, 0.4) is 0 Å². The predicted octanol–water partition coefficient (Wildman–Crippen LogP) is -0.348. The van der Waals surface area contributed by atoms with E-state index in [2.05, 4.69) is 4.72 Å². The van der Waals surface area contributed by atoms with Crippen molar-refractivity contribution in [1.29, 1.82) is 0 Å². The van der Waals surface area contributed by atoms with Gasteiger partial charge in [-0.1, -0.05) is 13.8 Å². The van der Waals surface area contributed by atoms with Gasteiger partial charge < -0.3 is 9.84 Å². The maximum atomic E-state index is 12.0. The smallest absolute Gasteiger partial charge is 0.310 e. The van der Waals surface area contributed by atoms with Gasteiger partial charge in [0, 0.05) is 13.1 Å². The van der Waals surface area contributed by atoms with E-state index in [1.54, 1.807) is 6.92 Å². The molecule has 1 heterocycles. The van der Waals surface area contributed by atoms with Gasteiger partial charge in [-0.3, -0.25) is 4.79 Å². The lowest BCUT2D eigenvalue weighted by molar-refractivity contribution is -0.142. The average molecular weight is 280 g/mol. The predicted molar refractivity (Wildman–Crippen MR) is 65.3 cm³/mol. The van der Waals surface area contributed by atoms with Crippen molar-refractivity contribution in [2.75, 3.05) is 26.3 Å². The lowest BCUT2D eigenvalue weighted by Gasteiger charge is -2.28. The van der Waals surface area contributed by atoms with E-state index in [4.69, 9.17) is 9.84 Å². The summed E-state index contributed by atoms with van der Waals surface area (Å²) < 4.78 is 32.8. The number of carbonyl (C=O) groups is 1. The maximum absolute atomic E-state index is 12.0. The van der Waals surface area contributed by atoms with Gasteiger partial charge in [0.1, 0.15) is 0 Å². The molecular formula is C10H20N2O5S. The molecule has 2 atom stereocenters. The summed E-state index contributed by atoms with van der Waals surface area (Å²) in [5, 5.41) is 9.05. The fraction of sp³-hybridized carbons (Fsp3) is 0.900. The molecule has 0 aromatic rings. The molecule has 1 aliphatic rings. The largest absolute Gasteiger partial charge is 0.481 e. The molecule has 0 aliphatic carbocycles. The molecule has 0 aromatic carbocycles. The van der Waals surface area contributed by atoms with Crippen molar-refractivity contribution in [3.8, 4) is 0 Å². The van der Waals surface area contributed by atoms with Crippen molar-refractivity contribution in [3.05, 3.63) is 0 Å². The third-order valence-corrected chi connectivity index (χ3v) is 4.61. The number of hydrogen-bond donors (Lipinski definition) is 2. The summed E-state index contributed by atoms with van der Waals surface area (Å²) in [5.74, 6) is -1.83. The summed E-state index contributed by atoms with van der Waals surface area (Å²) in [4.78, 5) is 11.1. The highest BCUT2D eigenvalue weighted by atomic mass is 32.2. The number of nitrogens with one attached hydrogen (secondary N) is 1. The Hall–Kier alpha value is -0.700. The summed E-state index contributed by atoms with van der Waals surface area (Å²) in [6, 6.07) is -0.637. The van der Waals surface area contributed by atoms with Crippen molar-refractivity contribution < 1.29 is 23.1 Å². The van der Waals surface area contributed by atoms with Crippen LogP contribution in [0.25, 0.3) is 0 Å². The van der Waals surface area contributed by atoms with Gasteiger partial charge in [-0.05, 0) is 6.42 Å². The van der Waals surface area contributed by atoms with Crippen molar-refractivity contribution in [1.82, 2.24) is 9.03 Å². The molecule has 106 valence electrons. The molecule has 7 nitrogen and oxygen atoms in total. The molecule has 2 unspecified atom stereocenters. The minimum Gasteiger partial charge on any atom is -0.481 e. The first-order valence-electron chi connectivity index (χ1n) is 6.01. The summed E-state index contributed by atoms with van der Waals surface area (Å²) in [5.41, 5.74) is 0. The van der Waals surface area contributed by atoms with Crippen molar-refractivity contribution in [3.63, 3.8) is 0 Å². The number of hydrogen-bond acceptors (Lipinski definition) is 4. The van der Waals surface area contributed by atoms with Crippen LogP contribution in [0.1, 0.15) is 20.3 Å². The Morgan fingerprint density at radius 2 is 2.11 bits per heavy atom. The van der Waals surface area contributed by atoms with Crippen LogP contribution >= 0.6 is 0 Å². The number of carboxylic acids is 1. The van der Waals surface area contributed by atoms with Gasteiger partial charge in [-0.15, -0.1) is 0 Å². The Bertz CT molecular complexity index is 384. The number of aliphatic carboxylic acids is 1. The van der Waals surface area contributed by atoms with Crippen LogP contribution in [0.5, 0.6) is 0 Å². The molecule has 18 heavy (non-hydrogen) atoms. The lowest BCUT2D eigenvalue weighted by Crippen LogP contribution is -2.50. The van der Waals surface area contributed by atoms with Gasteiger partial charge in [-0.25, -0.2) is 4.72 Å². The third-order valence-electron chi connectivity index (χ3n) is 2.89. The van der Waals surface area contributed by atoms with E-state index in [9.17, 15) is 13.2 Å². The van der Waals surface area contributed by atoms with Gasteiger partial charge in [0.25, 0.3) is 10.2 Å². The Kier molecular flexibility index (Phi) is 5.51. The lowest BCUT2D eigenvalue weighted by atomic mass is 10.0. The second-order valence-electron chi connectivity index (χ2n) is 4.15. The topological polar surface area (TPSA) is 95.9 Å². The highest BCUT2D eigenvalue weighted by Crippen LogP contribution is 2.22. The minimum absolute atomic E-state index is 0.0554. The van der Waals surface area contributed by atoms with Crippen LogP contribution in [-0.2, 0) is 19.7 Å². The van der Waals surface area contributed by atoms with Crippen molar-refractivity contribution >= 4 is 16.2 Å². The zero-order valence-corrected chi connectivity index (χ0v) is 11.4. The van der Waals surface area contributed by atoms with E-state index in [0.29, 0.717) is 13.0 Å². The molecule has 8 heteroatoms. The maximum Gasteiger partial charge on any atom is 0.310 e. The SMILES string of the molecule is CCCNS(=O)(=O)N(CC)C1COCC1C(=O)O. The quantitative estimate of drug-likeness (QED) is 0.664. The summed E-state index contributed by atoms with van der Waals surface area (Å²) in [6.45, 7) is 4.28. The second kappa shape index (κ2) is 6.46. The highest BCUT2D eigenvalue weighted by molar-refractivity contribution is 7.87. The van der Waals surface area contributed by atoms with Crippen molar-refractivity contribution in [2.24, 2.45) is 5.92 Å². The molecule has 0 radical (unpaired) electrons. The minimum atomic E-state index is -3.64.